The van der Waals surface area contributed by atoms with E-state index in [9.17, 15) is 0 Å². The van der Waals surface area contributed by atoms with E-state index in [1.165, 1.54) is 6.21 Å². The van der Waals surface area contributed by atoms with E-state index in [-0.39, 0.29) is 16.1 Å². The molecular weight excluding hydrogens is 309 g/mol. The molecule has 0 atom stereocenters. The van der Waals surface area contributed by atoms with Gasteiger partial charge in [-0.15, -0.1) is 0 Å². The molecule has 1 aromatic carbocycles. The van der Waals surface area contributed by atoms with Crippen LogP contribution < -0.4 is 11.2 Å². The maximum atomic E-state index is 5.96. The monoisotopic (exact) mass is 315 g/mol. The number of nitrogens with zero attached hydrogens (tertiary/aromatic N) is 3. The van der Waals surface area contributed by atoms with Gasteiger partial charge >= 0.3 is 0 Å². The molecule has 8 heteroatoms. The highest BCUT2D eigenvalue weighted by atomic mass is 35.5. The maximum absolute atomic E-state index is 5.96. The van der Waals surface area contributed by atoms with Crippen molar-refractivity contribution in [2.75, 3.05) is 11.2 Å². The summed E-state index contributed by atoms with van der Waals surface area (Å²) in [7, 11) is 0. The highest BCUT2D eigenvalue weighted by Gasteiger charge is 2.06. The summed E-state index contributed by atoms with van der Waals surface area (Å²) in [5, 5.41) is 4.63. The highest BCUT2D eigenvalue weighted by molar-refractivity contribution is 6.40. The predicted molar refractivity (Wildman–Crippen MR) is 79.1 cm³/mol. The molecule has 0 bridgehead atoms. The standard InChI is InChI=1S/C11H8Cl3N5/c12-6-3-1-2-4-7(6)19-16-5-8-11(15)18-10(14)9(13)17-8/h1-5,19H,(H2,15,18)/b16-5+. The van der Waals surface area contributed by atoms with Gasteiger partial charge in [0, 0.05) is 0 Å². The van der Waals surface area contributed by atoms with Crippen molar-refractivity contribution in [1.29, 1.82) is 0 Å². The number of hydrogen-bond donors (Lipinski definition) is 2. The molecule has 2 rings (SSSR count). The summed E-state index contributed by atoms with van der Waals surface area (Å²) in [5.41, 5.74) is 9.37. The van der Waals surface area contributed by atoms with Gasteiger partial charge < -0.3 is 5.73 Å². The quantitative estimate of drug-likeness (QED) is 0.671. The number of benzene rings is 1. The minimum atomic E-state index is 0.0513. The van der Waals surface area contributed by atoms with E-state index in [1.54, 1.807) is 12.1 Å². The first-order chi connectivity index (χ1) is 9.08. The Labute approximate surface area is 124 Å². The van der Waals surface area contributed by atoms with Crippen molar-refractivity contribution in [3.05, 3.63) is 45.3 Å². The van der Waals surface area contributed by atoms with Gasteiger partial charge in [-0.25, -0.2) is 9.97 Å². The van der Waals surface area contributed by atoms with Crippen LogP contribution in [-0.4, -0.2) is 16.2 Å². The Bertz CT molecular complexity index is 630. The van der Waals surface area contributed by atoms with E-state index in [2.05, 4.69) is 20.5 Å². The SMILES string of the molecule is Nc1nc(Cl)c(Cl)nc1/C=N/Nc1ccccc1Cl. The highest BCUT2D eigenvalue weighted by Crippen LogP contribution is 2.21. The summed E-state index contributed by atoms with van der Waals surface area (Å²) in [6.07, 6.45) is 1.38. The summed E-state index contributed by atoms with van der Waals surface area (Å²) < 4.78 is 0. The average molecular weight is 317 g/mol. The molecule has 2 aromatic rings. The van der Waals surface area contributed by atoms with Gasteiger partial charge in [0.05, 0.1) is 16.9 Å². The number of nitrogens with one attached hydrogen (secondary N) is 1. The summed E-state index contributed by atoms with van der Waals surface area (Å²) in [6, 6.07) is 7.17. The Kier molecular flexibility index (Phi) is 4.42. The fourth-order valence-corrected chi connectivity index (χ4v) is 1.67. The summed E-state index contributed by atoms with van der Waals surface area (Å²) in [4.78, 5) is 7.77. The molecule has 0 saturated heterocycles. The van der Waals surface area contributed by atoms with E-state index >= 15 is 0 Å². The van der Waals surface area contributed by atoms with Crippen molar-refractivity contribution < 1.29 is 0 Å². The van der Waals surface area contributed by atoms with Gasteiger partial charge in [-0.05, 0) is 12.1 Å². The third-order valence-electron chi connectivity index (χ3n) is 2.12. The Morgan fingerprint density at radius 3 is 2.53 bits per heavy atom. The van der Waals surface area contributed by atoms with Crippen LogP contribution in [0.15, 0.2) is 29.4 Å². The molecule has 1 aromatic heterocycles. The van der Waals surface area contributed by atoms with Crippen LogP contribution in [0.3, 0.4) is 0 Å². The second-order valence-corrected chi connectivity index (χ2v) is 4.55. The largest absolute Gasteiger partial charge is 0.382 e. The van der Waals surface area contributed by atoms with Gasteiger partial charge in [-0.3, -0.25) is 5.43 Å². The Balaban J connectivity index is 2.16. The zero-order valence-electron chi connectivity index (χ0n) is 9.44. The number of rotatable bonds is 3. The summed E-state index contributed by atoms with van der Waals surface area (Å²) in [5.74, 6) is 0.138. The molecule has 0 amide bonds. The molecule has 5 nitrogen and oxygen atoms in total. The lowest BCUT2D eigenvalue weighted by molar-refractivity contribution is 1.19. The van der Waals surface area contributed by atoms with E-state index < -0.39 is 0 Å². The van der Waals surface area contributed by atoms with Crippen molar-refractivity contribution in [3.63, 3.8) is 0 Å². The Hall–Kier alpha value is -1.56. The first kappa shape index (κ1) is 13.9. The molecule has 0 radical (unpaired) electrons. The second kappa shape index (κ2) is 6.06. The molecule has 98 valence electrons. The number of hydrogen-bond acceptors (Lipinski definition) is 5. The lowest BCUT2D eigenvalue weighted by Gasteiger charge is -2.03. The molecule has 1 heterocycles. The smallest absolute Gasteiger partial charge is 0.168 e. The van der Waals surface area contributed by atoms with Crippen molar-refractivity contribution >= 4 is 52.5 Å². The second-order valence-electron chi connectivity index (χ2n) is 3.43. The maximum Gasteiger partial charge on any atom is 0.168 e. The molecule has 3 N–H and O–H groups in total. The van der Waals surface area contributed by atoms with Gasteiger partial charge in [0.2, 0.25) is 0 Å². The Morgan fingerprint density at radius 1 is 1.11 bits per heavy atom. The van der Waals surface area contributed by atoms with Gasteiger partial charge in [0.1, 0.15) is 5.69 Å². The number of aromatic nitrogens is 2. The minimum absolute atomic E-state index is 0.0513. The third-order valence-corrected chi connectivity index (χ3v) is 3.07. The normalized spacial score (nSPS) is 10.9. The number of halogens is 3. The number of hydrazone groups is 1. The van der Waals surface area contributed by atoms with Crippen molar-refractivity contribution in [1.82, 2.24) is 9.97 Å². The van der Waals surface area contributed by atoms with Crippen molar-refractivity contribution in [3.8, 4) is 0 Å². The summed E-state index contributed by atoms with van der Waals surface area (Å²) in [6.45, 7) is 0. The number of anilines is 2. The van der Waals surface area contributed by atoms with Gasteiger partial charge in [0.15, 0.2) is 16.1 Å². The molecule has 0 aliphatic carbocycles. The Morgan fingerprint density at radius 2 is 1.79 bits per heavy atom. The van der Waals surface area contributed by atoms with Crippen molar-refractivity contribution in [2.45, 2.75) is 0 Å². The molecule has 0 fully saturated rings. The number of nitrogens with two attached hydrogens (primary N) is 1. The fourth-order valence-electron chi connectivity index (χ4n) is 1.23. The lowest BCUT2D eigenvalue weighted by Crippen LogP contribution is -2.02. The van der Waals surface area contributed by atoms with Gasteiger partial charge in [0.25, 0.3) is 0 Å². The molecule has 0 saturated carbocycles. The average Bonchev–Trinajstić information content (AvgIpc) is 2.38. The first-order valence-electron chi connectivity index (χ1n) is 5.10. The van der Waals surface area contributed by atoms with Crippen LogP contribution in [0, 0.1) is 0 Å². The van der Waals surface area contributed by atoms with Gasteiger partial charge in [-0.2, -0.15) is 5.10 Å². The van der Waals surface area contributed by atoms with Crippen LogP contribution in [0.2, 0.25) is 15.3 Å². The van der Waals surface area contributed by atoms with E-state index in [0.717, 1.165) is 0 Å². The predicted octanol–water partition coefficient (Wildman–Crippen LogP) is 3.47. The molecule has 19 heavy (non-hydrogen) atoms. The van der Waals surface area contributed by atoms with Crippen LogP contribution in [-0.2, 0) is 0 Å². The molecule has 0 unspecified atom stereocenters. The zero-order chi connectivity index (χ0) is 13.8. The minimum Gasteiger partial charge on any atom is -0.382 e. The number of para-hydroxylation sites is 1. The van der Waals surface area contributed by atoms with Crippen LogP contribution in [0.25, 0.3) is 0 Å². The fraction of sp³-hybridized carbons (Fsp3) is 0. The molecule has 0 spiro atoms. The van der Waals surface area contributed by atoms with Crippen molar-refractivity contribution in [2.24, 2.45) is 5.10 Å². The molecule has 0 aliphatic heterocycles. The topological polar surface area (TPSA) is 76.2 Å². The van der Waals surface area contributed by atoms with E-state index in [0.29, 0.717) is 16.4 Å². The van der Waals surface area contributed by atoms with Crippen LogP contribution in [0.1, 0.15) is 5.69 Å². The lowest BCUT2D eigenvalue weighted by atomic mass is 10.3. The molecular formula is C11H8Cl3N5. The van der Waals surface area contributed by atoms with Crippen LogP contribution in [0.5, 0.6) is 0 Å². The summed E-state index contributed by atoms with van der Waals surface area (Å²) >= 11 is 17.4. The molecule has 0 aliphatic rings. The number of nitrogen functional groups attached to an aromatic ring is 1. The van der Waals surface area contributed by atoms with Gasteiger partial charge in [-0.1, -0.05) is 46.9 Å². The third kappa shape index (κ3) is 3.47. The van der Waals surface area contributed by atoms with Crippen LogP contribution in [0.4, 0.5) is 11.5 Å². The van der Waals surface area contributed by atoms with Crippen LogP contribution >= 0.6 is 34.8 Å². The van der Waals surface area contributed by atoms with E-state index in [4.69, 9.17) is 40.5 Å². The first-order valence-corrected chi connectivity index (χ1v) is 6.23. The zero-order valence-corrected chi connectivity index (χ0v) is 11.7. The van der Waals surface area contributed by atoms with E-state index in [1.807, 2.05) is 12.1 Å².